The Balaban J connectivity index is 1.73. The van der Waals surface area contributed by atoms with E-state index >= 15 is 0 Å². The highest BCUT2D eigenvalue weighted by Crippen LogP contribution is 2.21. The van der Waals surface area contributed by atoms with E-state index in [0.29, 0.717) is 11.3 Å². The van der Waals surface area contributed by atoms with Crippen molar-refractivity contribution in [3.63, 3.8) is 0 Å². The number of esters is 1. The molecule has 0 saturated heterocycles. The zero-order chi connectivity index (χ0) is 21.7. The van der Waals surface area contributed by atoms with E-state index in [-0.39, 0.29) is 16.2 Å². The van der Waals surface area contributed by atoms with Crippen LogP contribution in [0.2, 0.25) is 0 Å². The van der Waals surface area contributed by atoms with E-state index < -0.39 is 22.6 Å². The molecule has 0 aliphatic heterocycles. The lowest BCUT2D eigenvalue weighted by molar-refractivity contribution is 0.0474. The van der Waals surface area contributed by atoms with Crippen molar-refractivity contribution in [3.8, 4) is 0 Å². The predicted octanol–water partition coefficient (Wildman–Crippen LogP) is 4.14. The van der Waals surface area contributed by atoms with Gasteiger partial charge < -0.3 is 4.74 Å². The zero-order valence-corrected chi connectivity index (χ0v) is 17.4. The molecule has 3 aromatic carbocycles. The fourth-order valence-corrected chi connectivity index (χ4v) is 4.02. The summed E-state index contributed by atoms with van der Waals surface area (Å²) in [5, 5.41) is 0. The van der Waals surface area contributed by atoms with Crippen molar-refractivity contribution in [1.82, 2.24) is 0 Å². The van der Waals surface area contributed by atoms with Gasteiger partial charge in [0, 0.05) is 5.56 Å². The van der Waals surface area contributed by atoms with E-state index in [9.17, 15) is 18.0 Å². The number of ketones is 1. The summed E-state index contributed by atoms with van der Waals surface area (Å²) in [6.45, 7) is 3.30. The highest BCUT2D eigenvalue weighted by atomic mass is 32.2. The van der Waals surface area contributed by atoms with Gasteiger partial charge in [-0.2, -0.15) is 0 Å². The van der Waals surface area contributed by atoms with Crippen molar-refractivity contribution in [3.05, 3.63) is 95.1 Å². The molecule has 0 aliphatic carbocycles. The maximum absolute atomic E-state index is 12.7. The Kier molecular flexibility index (Phi) is 6.32. The van der Waals surface area contributed by atoms with Gasteiger partial charge in [0.1, 0.15) is 0 Å². The SMILES string of the molecule is Cc1ccc(NS(=O)(=O)c2cccc(C(=O)OCC(=O)c3ccccc3)c2)c(C)c1. The van der Waals surface area contributed by atoms with Gasteiger partial charge in [0.2, 0.25) is 0 Å². The predicted molar refractivity (Wildman–Crippen MR) is 114 cm³/mol. The summed E-state index contributed by atoms with van der Waals surface area (Å²) < 4.78 is 33.1. The van der Waals surface area contributed by atoms with Crippen LogP contribution in [0, 0.1) is 13.8 Å². The number of carbonyl (C=O) groups is 2. The van der Waals surface area contributed by atoms with Crippen molar-refractivity contribution < 1.29 is 22.7 Å². The number of Topliss-reactive ketones (excluding diaryl/α,β-unsaturated/α-hetero) is 1. The second-order valence-corrected chi connectivity index (χ2v) is 8.50. The van der Waals surface area contributed by atoms with Gasteiger partial charge in [-0.15, -0.1) is 0 Å². The van der Waals surface area contributed by atoms with Gasteiger partial charge in [-0.1, -0.05) is 54.1 Å². The molecule has 0 radical (unpaired) electrons. The van der Waals surface area contributed by atoms with Gasteiger partial charge in [-0.3, -0.25) is 9.52 Å². The first-order valence-electron chi connectivity index (χ1n) is 9.22. The third-order valence-corrected chi connectivity index (χ3v) is 5.80. The van der Waals surface area contributed by atoms with E-state index in [1.54, 1.807) is 36.4 Å². The van der Waals surface area contributed by atoms with Crippen LogP contribution >= 0.6 is 0 Å². The molecule has 1 N–H and O–H groups in total. The normalized spacial score (nSPS) is 11.0. The Morgan fingerprint density at radius 2 is 1.57 bits per heavy atom. The molecule has 0 heterocycles. The number of benzene rings is 3. The summed E-state index contributed by atoms with van der Waals surface area (Å²) in [5.41, 5.74) is 2.74. The molecule has 6 nitrogen and oxygen atoms in total. The second kappa shape index (κ2) is 8.92. The molecule has 3 rings (SSSR count). The monoisotopic (exact) mass is 423 g/mol. The van der Waals surface area contributed by atoms with Crippen molar-refractivity contribution in [2.24, 2.45) is 0 Å². The molecule has 0 bridgehead atoms. The third kappa shape index (κ3) is 5.12. The highest BCUT2D eigenvalue weighted by molar-refractivity contribution is 7.92. The van der Waals surface area contributed by atoms with Crippen molar-refractivity contribution in [1.29, 1.82) is 0 Å². The minimum Gasteiger partial charge on any atom is -0.454 e. The maximum atomic E-state index is 12.7. The Morgan fingerprint density at radius 3 is 2.27 bits per heavy atom. The average molecular weight is 423 g/mol. The average Bonchev–Trinajstić information content (AvgIpc) is 2.74. The number of hydrogen-bond acceptors (Lipinski definition) is 5. The largest absolute Gasteiger partial charge is 0.454 e. The molecule has 0 aromatic heterocycles. The molecule has 0 aliphatic rings. The highest BCUT2D eigenvalue weighted by Gasteiger charge is 2.18. The van der Waals surface area contributed by atoms with E-state index in [1.165, 1.54) is 24.3 Å². The number of anilines is 1. The van der Waals surface area contributed by atoms with Crippen molar-refractivity contribution in [2.75, 3.05) is 11.3 Å². The van der Waals surface area contributed by atoms with Crippen LogP contribution < -0.4 is 4.72 Å². The molecule has 30 heavy (non-hydrogen) atoms. The topological polar surface area (TPSA) is 89.5 Å². The minimum atomic E-state index is -3.90. The molecule has 0 fully saturated rings. The van der Waals surface area contributed by atoms with E-state index in [0.717, 1.165) is 11.1 Å². The van der Waals surface area contributed by atoms with Gasteiger partial charge in [-0.05, 0) is 43.7 Å². The van der Waals surface area contributed by atoms with Crippen LogP contribution in [0.4, 0.5) is 5.69 Å². The molecule has 7 heteroatoms. The molecule has 0 spiro atoms. The van der Waals surface area contributed by atoms with Gasteiger partial charge in [-0.25, -0.2) is 13.2 Å². The molecular weight excluding hydrogens is 402 g/mol. The van der Waals surface area contributed by atoms with Crippen molar-refractivity contribution in [2.45, 2.75) is 18.7 Å². The Morgan fingerprint density at radius 1 is 0.867 bits per heavy atom. The second-order valence-electron chi connectivity index (χ2n) is 6.82. The Labute approximate surface area is 175 Å². The lowest BCUT2D eigenvalue weighted by Gasteiger charge is -2.12. The molecule has 0 atom stereocenters. The number of nitrogens with one attached hydrogen (secondary N) is 1. The van der Waals surface area contributed by atoms with Gasteiger partial charge in [0.15, 0.2) is 12.4 Å². The van der Waals surface area contributed by atoms with Crippen LogP contribution in [0.3, 0.4) is 0 Å². The van der Waals surface area contributed by atoms with Crippen LogP contribution in [-0.2, 0) is 14.8 Å². The van der Waals surface area contributed by atoms with Crippen LogP contribution in [-0.4, -0.2) is 26.8 Å². The summed E-state index contributed by atoms with van der Waals surface area (Å²) in [7, 11) is -3.90. The number of hydrogen-bond donors (Lipinski definition) is 1. The fraction of sp³-hybridized carbons (Fsp3) is 0.130. The Hall–Kier alpha value is -3.45. The molecular formula is C23H21NO5S. The first kappa shape index (κ1) is 21.3. The van der Waals surface area contributed by atoms with Crippen LogP contribution in [0.15, 0.2) is 77.7 Å². The van der Waals surface area contributed by atoms with E-state index in [2.05, 4.69) is 4.72 Å². The molecule has 0 saturated carbocycles. The zero-order valence-electron chi connectivity index (χ0n) is 16.6. The quantitative estimate of drug-likeness (QED) is 0.456. The number of aryl methyl sites for hydroxylation is 2. The summed E-state index contributed by atoms with van der Waals surface area (Å²) in [6, 6.07) is 19.3. The minimum absolute atomic E-state index is 0.0411. The molecule has 3 aromatic rings. The lowest BCUT2D eigenvalue weighted by atomic mass is 10.1. The van der Waals surface area contributed by atoms with E-state index in [4.69, 9.17) is 4.74 Å². The summed E-state index contributed by atoms with van der Waals surface area (Å²) in [4.78, 5) is 24.3. The maximum Gasteiger partial charge on any atom is 0.338 e. The van der Waals surface area contributed by atoms with Crippen LogP contribution in [0.5, 0.6) is 0 Å². The first-order valence-corrected chi connectivity index (χ1v) is 10.7. The van der Waals surface area contributed by atoms with Gasteiger partial charge in [0.05, 0.1) is 16.1 Å². The molecule has 154 valence electrons. The molecule has 0 unspecified atom stereocenters. The van der Waals surface area contributed by atoms with Crippen molar-refractivity contribution >= 4 is 27.5 Å². The third-order valence-electron chi connectivity index (χ3n) is 4.44. The summed E-state index contributed by atoms with van der Waals surface area (Å²) in [5.74, 6) is -1.12. The Bertz CT molecular complexity index is 1190. The number of carbonyl (C=O) groups excluding carboxylic acids is 2. The van der Waals surface area contributed by atoms with Gasteiger partial charge in [0.25, 0.3) is 10.0 Å². The van der Waals surface area contributed by atoms with Gasteiger partial charge >= 0.3 is 5.97 Å². The first-order chi connectivity index (χ1) is 14.3. The summed E-state index contributed by atoms with van der Waals surface area (Å²) in [6.07, 6.45) is 0. The standard InChI is InChI=1S/C23H21NO5S/c1-16-11-12-21(17(2)13-16)24-30(27,28)20-10-6-9-19(14-20)23(26)29-15-22(25)18-7-4-3-5-8-18/h3-14,24H,15H2,1-2H3. The number of sulfonamides is 1. The van der Waals surface area contributed by atoms with E-state index in [1.807, 2.05) is 26.0 Å². The fourth-order valence-electron chi connectivity index (χ4n) is 2.84. The lowest BCUT2D eigenvalue weighted by Crippen LogP contribution is -2.16. The van der Waals surface area contributed by atoms with Crippen LogP contribution in [0.1, 0.15) is 31.8 Å². The number of rotatable bonds is 7. The smallest absolute Gasteiger partial charge is 0.338 e. The van der Waals surface area contributed by atoms with Crippen LogP contribution in [0.25, 0.3) is 0 Å². The molecule has 0 amide bonds. The number of ether oxygens (including phenoxy) is 1. The summed E-state index contributed by atoms with van der Waals surface area (Å²) >= 11 is 0.